The second-order valence-electron chi connectivity index (χ2n) is 11.8. The van der Waals surface area contributed by atoms with Crippen LogP contribution >= 0.6 is 11.3 Å². The predicted molar refractivity (Wildman–Crippen MR) is 179 cm³/mol. The first-order chi connectivity index (χ1) is 21.1. The molecule has 215 valence electrons. The van der Waals surface area contributed by atoms with Gasteiger partial charge in [0.25, 0.3) is 0 Å². The van der Waals surface area contributed by atoms with Crippen molar-refractivity contribution in [3.05, 3.63) is 115 Å². The number of rotatable bonds is 4. The van der Waals surface area contributed by atoms with E-state index in [1.165, 1.54) is 63.2 Å². The van der Waals surface area contributed by atoms with E-state index in [2.05, 4.69) is 79.2 Å². The molecule has 0 aliphatic heterocycles. The molecule has 0 atom stereocenters. The molecular weight excluding hydrogens is 725 g/mol. The second kappa shape index (κ2) is 13.1. The molecule has 42 heavy (non-hydrogen) atoms. The number of thiophene rings is 1. The summed E-state index contributed by atoms with van der Waals surface area (Å²) in [6.45, 7) is 5.22. The molecule has 0 saturated heterocycles. The van der Waals surface area contributed by atoms with Crippen LogP contribution in [0.1, 0.15) is 46.8 Å². The zero-order valence-corrected chi connectivity index (χ0v) is 28.4. The van der Waals surface area contributed by atoms with E-state index in [-0.39, 0.29) is 25.7 Å². The van der Waals surface area contributed by atoms with Crippen LogP contribution in [0.25, 0.3) is 42.7 Å². The molecule has 2 nitrogen and oxygen atoms in total. The van der Waals surface area contributed by atoms with Gasteiger partial charge in [0.05, 0.1) is 8.07 Å². The van der Waals surface area contributed by atoms with Gasteiger partial charge in [0, 0.05) is 41.3 Å². The van der Waals surface area contributed by atoms with Gasteiger partial charge in [0.1, 0.15) is 0 Å². The first-order valence-electron chi connectivity index (χ1n) is 15.9. The van der Waals surface area contributed by atoms with Crippen LogP contribution in [0.3, 0.4) is 0 Å². The topological polar surface area (TPSA) is 25.8 Å². The molecule has 5 heteroatoms. The Morgan fingerprint density at radius 3 is 2.38 bits per heavy atom. The minimum absolute atomic E-state index is 0. The van der Waals surface area contributed by atoms with E-state index in [4.69, 9.17) is 9.10 Å². The molecule has 1 aliphatic carbocycles. The number of nitrogens with zero attached hydrogens (tertiary/aromatic N) is 2. The summed E-state index contributed by atoms with van der Waals surface area (Å²) in [5.41, 5.74) is 5.55. The SMILES string of the molecule is C[Si](C)(C)c1cccc2c1sc1c(-c3cc(C4CCCC4)ccn3)[c-]ccc12.[2H]C([2H])([2H])c1ccc(-c2[c-]cccc2)nc1.[Ir]. The van der Waals surface area contributed by atoms with Gasteiger partial charge in [0.2, 0.25) is 0 Å². The first kappa shape index (κ1) is 26.7. The van der Waals surface area contributed by atoms with E-state index in [1.54, 1.807) is 23.4 Å². The molecule has 7 rings (SSSR count). The third-order valence-corrected chi connectivity index (χ3v) is 11.4. The van der Waals surface area contributed by atoms with E-state index >= 15 is 0 Å². The number of benzene rings is 3. The summed E-state index contributed by atoms with van der Waals surface area (Å²) in [4.78, 5) is 8.88. The van der Waals surface area contributed by atoms with E-state index in [0.29, 0.717) is 5.92 Å². The Bertz CT molecular complexity index is 1890. The summed E-state index contributed by atoms with van der Waals surface area (Å²) in [5, 5.41) is 4.30. The van der Waals surface area contributed by atoms with Crippen LogP contribution in [0.5, 0.6) is 0 Å². The van der Waals surface area contributed by atoms with Crippen molar-refractivity contribution >= 4 is 44.8 Å². The standard InChI is InChI=1S/C25H26NSSi.C12H10N.Ir/c1-28(2,3)23-13-7-11-20-19-10-6-12-21(24(19)27-25(20)23)22-16-18(14-15-26-22)17-8-4-5-9-17;1-10-7-8-12(13-9-10)11-5-3-2-4-6-11;/h6-7,10-11,13-17H,4-5,8-9H2,1-3H3;2-5,7-9H,1H3;/q2*-1;/i;1D3;. The summed E-state index contributed by atoms with van der Waals surface area (Å²) < 4.78 is 24.5. The van der Waals surface area contributed by atoms with Crippen LogP contribution in [0, 0.1) is 19.0 Å². The maximum Gasteiger partial charge on any atom is 0.0794 e. The summed E-state index contributed by atoms with van der Waals surface area (Å²) in [7, 11) is -1.40. The molecule has 0 unspecified atom stereocenters. The summed E-state index contributed by atoms with van der Waals surface area (Å²) in [6, 6.07) is 33.0. The van der Waals surface area contributed by atoms with Crippen molar-refractivity contribution in [1.29, 1.82) is 0 Å². The second-order valence-corrected chi connectivity index (χ2v) is 17.9. The zero-order valence-electron chi connectivity index (χ0n) is 27.2. The fourth-order valence-electron chi connectivity index (χ4n) is 5.75. The molecule has 1 radical (unpaired) electrons. The van der Waals surface area contributed by atoms with E-state index < -0.39 is 14.9 Å². The predicted octanol–water partition coefficient (Wildman–Crippen LogP) is 9.97. The average Bonchev–Trinajstić information content (AvgIpc) is 3.70. The minimum Gasteiger partial charge on any atom is -0.305 e. The summed E-state index contributed by atoms with van der Waals surface area (Å²) in [6.07, 6.45) is 8.75. The number of aryl methyl sites for hydroxylation is 1. The number of hydrogen-bond donors (Lipinski definition) is 0. The van der Waals surface area contributed by atoms with Crippen molar-refractivity contribution in [1.82, 2.24) is 9.97 Å². The zero-order chi connectivity index (χ0) is 30.9. The fraction of sp³-hybridized carbons (Fsp3) is 0.243. The maximum atomic E-state index is 7.23. The number of aromatic nitrogens is 2. The van der Waals surface area contributed by atoms with Crippen molar-refractivity contribution in [2.24, 2.45) is 0 Å². The summed E-state index contributed by atoms with van der Waals surface area (Å²) in [5.74, 6) is 0.710. The molecule has 3 aromatic heterocycles. The molecule has 0 N–H and O–H groups in total. The van der Waals surface area contributed by atoms with Gasteiger partial charge in [-0.25, -0.2) is 0 Å². The Labute approximate surface area is 272 Å². The van der Waals surface area contributed by atoms with Gasteiger partial charge in [-0.1, -0.05) is 79.8 Å². The normalized spacial score (nSPS) is 14.9. The van der Waals surface area contributed by atoms with Gasteiger partial charge in [0.15, 0.2) is 0 Å². The number of pyridine rings is 2. The molecule has 3 aromatic carbocycles. The molecule has 1 aliphatic rings. The van der Waals surface area contributed by atoms with Gasteiger partial charge >= 0.3 is 0 Å². The quantitative estimate of drug-likeness (QED) is 0.132. The van der Waals surface area contributed by atoms with Gasteiger partial charge < -0.3 is 9.97 Å². The molecule has 3 heterocycles. The molecule has 0 spiro atoms. The third kappa shape index (κ3) is 6.50. The third-order valence-electron chi connectivity index (χ3n) is 7.88. The molecular formula is C37H36IrN2SSi-2. The van der Waals surface area contributed by atoms with Crippen LogP contribution in [-0.2, 0) is 20.1 Å². The Hall–Kier alpha value is -2.95. The van der Waals surface area contributed by atoms with Gasteiger partial charge in [-0.3, -0.25) is 0 Å². The van der Waals surface area contributed by atoms with Crippen LogP contribution < -0.4 is 5.19 Å². The van der Waals surface area contributed by atoms with Crippen molar-refractivity contribution in [2.75, 3.05) is 0 Å². The van der Waals surface area contributed by atoms with Crippen LogP contribution in [0.4, 0.5) is 0 Å². The Morgan fingerprint density at radius 2 is 1.67 bits per heavy atom. The monoisotopic (exact) mass is 764 g/mol. The average molecular weight is 764 g/mol. The Balaban J connectivity index is 0.000000202. The Morgan fingerprint density at radius 1 is 0.833 bits per heavy atom. The smallest absolute Gasteiger partial charge is 0.0794 e. The van der Waals surface area contributed by atoms with E-state index in [1.807, 2.05) is 35.7 Å². The van der Waals surface area contributed by atoms with Gasteiger partial charge in [-0.15, -0.1) is 59.7 Å². The van der Waals surface area contributed by atoms with Gasteiger partial charge in [-0.2, -0.15) is 11.3 Å². The molecule has 0 bridgehead atoms. The molecule has 6 aromatic rings. The van der Waals surface area contributed by atoms with Crippen molar-refractivity contribution in [2.45, 2.75) is 58.1 Å². The first-order valence-corrected chi connectivity index (χ1v) is 18.7. The molecule has 0 amide bonds. The van der Waals surface area contributed by atoms with Crippen LogP contribution in [0.15, 0.2) is 91.3 Å². The van der Waals surface area contributed by atoms with Crippen LogP contribution in [-0.4, -0.2) is 18.0 Å². The van der Waals surface area contributed by atoms with Crippen molar-refractivity contribution < 1.29 is 24.2 Å². The van der Waals surface area contributed by atoms with Crippen molar-refractivity contribution in [3.63, 3.8) is 0 Å². The van der Waals surface area contributed by atoms with E-state index in [9.17, 15) is 0 Å². The van der Waals surface area contributed by atoms with E-state index in [0.717, 1.165) is 17.0 Å². The number of hydrogen-bond acceptors (Lipinski definition) is 3. The number of fused-ring (bicyclic) bond motifs is 3. The molecule has 1 saturated carbocycles. The maximum absolute atomic E-state index is 7.23. The van der Waals surface area contributed by atoms with Crippen LogP contribution in [0.2, 0.25) is 19.6 Å². The summed E-state index contributed by atoms with van der Waals surface area (Å²) >= 11 is 1.94. The fourth-order valence-corrected chi connectivity index (χ4v) is 9.45. The largest absolute Gasteiger partial charge is 0.305 e. The van der Waals surface area contributed by atoms with Crippen molar-refractivity contribution in [3.8, 4) is 22.5 Å². The molecule has 1 fully saturated rings. The van der Waals surface area contributed by atoms with Gasteiger partial charge in [-0.05, 0) is 63.9 Å². The Kier molecular flexibility index (Phi) is 8.34. The minimum atomic E-state index is -2.09.